The van der Waals surface area contributed by atoms with E-state index in [2.05, 4.69) is 30.6 Å². The first-order valence-electron chi connectivity index (χ1n) is 6.00. The molecule has 0 radical (unpaired) electrons. The molecule has 19 heavy (non-hydrogen) atoms. The van der Waals surface area contributed by atoms with Crippen LogP contribution in [0.1, 0.15) is 30.0 Å². The highest BCUT2D eigenvalue weighted by Crippen LogP contribution is 2.26. The van der Waals surface area contributed by atoms with Crippen molar-refractivity contribution >= 4 is 16.9 Å². The Bertz CT molecular complexity index is 696. The molecular formula is C12H14N6O. The molecule has 0 spiro atoms. The van der Waals surface area contributed by atoms with E-state index in [-0.39, 0.29) is 6.04 Å². The average molecular weight is 258 g/mol. The Morgan fingerprint density at radius 1 is 1.32 bits per heavy atom. The molecule has 98 valence electrons. The smallest absolute Gasteiger partial charge is 0.160 e. The number of anilines is 1. The van der Waals surface area contributed by atoms with Crippen LogP contribution in [0.5, 0.6) is 0 Å². The van der Waals surface area contributed by atoms with E-state index in [0.29, 0.717) is 5.65 Å². The lowest BCUT2D eigenvalue weighted by molar-refractivity contribution is 0.392. The normalized spacial score (nSPS) is 12.8. The van der Waals surface area contributed by atoms with Gasteiger partial charge in [-0.15, -0.1) is 0 Å². The third kappa shape index (κ3) is 1.92. The molecule has 3 aromatic heterocycles. The molecule has 0 fully saturated rings. The van der Waals surface area contributed by atoms with E-state index in [0.717, 1.165) is 28.2 Å². The third-order valence-electron chi connectivity index (χ3n) is 3.12. The number of nitrogens with one attached hydrogen (secondary N) is 2. The van der Waals surface area contributed by atoms with Crippen LogP contribution in [0.4, 0.5) is 5.82 Å². The Morgan fingerprint density at radius 2 is 2.16 bits per heavy atom. The molecule has 1 unspecified atom stereocenters. The third-order valence-corrected chi connectivity index (χ3v) is 3.12. The number of aromatic nitrogens is 5. The highest BCUT2D eigenvalue weighted by Gasteiger charge is 2.17. The standard InChI is InChI=1S/C12H14N6O/c1-6(10-7(2)18-19-8(10)3)16-11-9-4-15-17-12(9)14-5-13-11/h4-6H,1-3H3,(H2,13,14,15,16,17). The lowest BCUT2D eigenvalue weighted by atomic mass is 10.1. The van der Waals surface area contributed by atoms with Gasteiger partial charge in [-0.25, -0.2) is 9.97 Å². The molecule has 7 heteroatoms. The van der Waals surface area contributed by atoms with Crippen LogP contribution in [0.2, 0.25) is 0 Å². The van der Waals surface area contributed by atoms with Gasteiger partial charge in [0.05, 0.1) is 23.3 Å². The van der Waals surface area contributed by atoms with Gasteiger partial charge in [0.25, 0.3) is 0 Å². The van der Waals surface area contributed by atoms with Crippen LogP contribution in [0, 0.1) is 13.8 Å². The topological polar surface area (TPSA) is 92.5 Å². The van der Waals surface area contributed by atoms with Crippen molar-refractivity contribution in [2.24, 2.45) is 0 Å². The second-order valence-corrected chi connectivity index (χ2v) is 4.46. The molecule has 0 amide bonds. The molecule has 0 saturated heterocycles. The van der Waals surface area contributed by atoms with Crippen molar-refractivity contribution in [3.8, 4) is 0 Å². The molecule has 0 aliphatic carbocycles. The summed E-state index contributed by atoms with van der Waals surface area (Å²) in [5, 5.41) is 15.0. The molecule has 1 atom stereocenters. The highest BCUT2D eigenvalue weighted by molar-refractivity contribution is 5.85. The molecule has 0 bridgehead atoms. The van der Waals surface area contributed by atoms with Crippen LogP contribution in [0.3, 0.4) is 0 Å². The molecule has 7 nitrogen and oxygen atoms in total. The van der Waals surface area contributed by atoms with Crippen molar-refractivity contribution in [2.75, 3.05) is 5.32 Å². The van der Waals surface area contributed by atoms with Gasteiger partial charge in [0.1, 0.15) is 17.9 Å². The van der Waals surface area contributed by atoms with E-state index in [1.807, 2.05) is 20.8 Å². The zero-order valence-electron chi connectivity index (χ0n) is 10.9. The van der Waals surface area contributed by atoms with E-state index in [9.17, 15) is 0 Å². The van der Waals surface area contributed by atoms with Gasteiger partial charge in [0.15, 0.2) is 5.65 Å². The maximum atomic E-state index is 5.19. The van der Waals surface area contributed by atoms with Crippen LogP contribution in [0.25, 0.3) is 11.0 Å². The summed E-state index contributed by atoms with van der Waals surface area (Å²) in [6.07, 6.45) is 3.21. The molecule has 2 N–H and O–H groups in total. The summed E-state index contributed by atoms with van der Waals surface area (Å²) in [6.45, 7) is 5.87. The number of nitrogens with zero attached hydrogens (tertiary/aromatic N) is 4. The minimum Gasteiger partial charge on any atom is -0.363 e. The molecule has 0 saturated carbocycles. The molecule has 0 aromatic carbocycles. The van der Waals surface area contributed by atoms with Crippen molar-refractivity contribution in [3.05, 3.63) is 29.5 Å². The van der Waals surface area contributed by atoms with Gasteiger partial charge >= 0.3 is 0 Å². The maximum Gasteiger partial charge on any atom is 0.160 e. The number of aryl methyl sites for hydroxylation is 2. The highest BCUT2D eigenvalue weighted by atomic mass is 16.5. The largest absolute Gasteiger partial charge is 0.363 e. The first-order valence-corrected chi connectivity index (χ1v) is 6.00. The number of aromatic amines is 1. The molecule has 3 heterocycles. The van der Waals surface area contributed by atoms with Crippen molar-refractivity contribution in [3.63, 3.8) is 0 Å². The number of rotatable bonds is 3. The molecule has 3 rings (SSSR count). The monoisotopic (exact) mass is 258 g/mol. The van der Waals surface area contributed by atoms with E-state index in [1.54, 1.807) is 6.20 Å². The maximum absolute atomic E-state index is 5.19. The minimum absolute atomic E-state index is 0.0410. The Kier molecular flexibility index (Phi) is 2.66. The quantitative estimate of drug-likeness (QED) is 0.747. The van der Waals surface area contributed by atoms with Crippen LogP contribution in [-0.4, -0.2) is 25.3 Å². The van der Waals surface area contributed by atoms with E-state index in [1.165, 1.54) is 6.33 Å². The van der Waals surface area contributed by atoms with E-state index >= 15 is 0 Å². The second kappa shape index (κ2) is 4.34. The predicted molar refractivity (Wildman–Crippen MR) is 69.7 cm³/mol. The first-order chi connectivity index (χ1) is 9.16. The summed E-state index contributed by atoms with van der Waals surface area (Å²) in [4.78, 5) is 8.36. The Labute approximate surface area is 109 Å². The number of H-pyrrole nitrogens is 1. The fourth-order valence-electron chi connectivity index (χ4n) is 2.27. The van der Waals surface area contributed by atoms with Gasteiger partial charge in [-0.2, -0.15) is 5.10 Å². The molecule has 3 aromatic rings. The lowest BCUT2D eigenvalue weighted by Gasteiger charge is -2.14. The number of hydrogen-bond donors (Lipinski definition) is 2. The van der Waals surface area contributed by atoms with Crippen LogP contribution >= 0.6 is 0 Å². The van der Waals surface area contributed by atoms with Crippen molar-refractivity contribution in [1.29, 1.82) is 0 Å². The van der Waals surface area contributed by atoms with Gasteiger partial charge < -0.3 is 9.84 Å². The summed E-state index contributed by atoms with van der Waals surface area (Å²) in [5.41, 5.74) is 2.65. The average Bonchev–Trinajstić information content (AvgIpc) is 2.97. The Balaban J connectivity index is 1.95. The zero-order valence-corrected chi connectivity index (χ0v) is 10.9. The predicted octanol–water partition coefficient (Wildman–Crippen LogP) is 2.13. The lowest BCUT2D eigenvalue weighted by Crippen LogP contribution is -2.10. The Hall–Kier alpha value is -2.44. The van der Waals surface area contributed by atoms with Crippen LogP contribution < -0.4 is 5.32 Å². The van der Waals surface area contributed by atoms with Crippen LogP contribution in [0.15, 0.2) is 17.0 Å². The van der Waals surface area contributed by atoms with Gasteiger partial charge in [0, 0.05) is 5.56 Å². The van der Waals surface area contributed by atoms with Gasteiger partial charge in [-0.1, -0.05) is 5.16 Å². The minimum atomic E-state index is 0.0410. The van der Waals surface area contributed by atoms with Gasteiger partial charge in [-0.3, -0.25) is 5.10 Å². The van der Waals surface area contributed by atoms with Crippen LogP contribution in [-0.2, 0) is 0 Å². The summed E-state index contributed by atoms with van der Waals surface area (Å²) < 4.78 is 5.19. The molecular weight excluding hydrogens is 244 g/mol. The SMILES string of the molecule is Cc1noc(C)c1C(C)Nc1ncnc2[nH]ncc12. The van der Waals surface area contributed by atoms with E-state index in [4.69, 9.17) is 4.52 Å². The summed E-state index contributed by atoms with van der Waals surface area (Å²) in [5.74, 6) is 1.56. The van der Waals surface area contributed by atoms with Gasteiger partial charge in [-0.05, 0) is 20.8 Å². The van der Waals surface area contributed by atoms with Crippen molar-refractivity contribution in [2.45, 2.75) is 26.8 Å². The molecule has 0 aliphatic rings. The summed E-state index contributed by atoms with van der Waals surface area (Å²) in [7, 11) is 0. The zero-order chi connectivity index (χ0) is 13.4. The second-order valence-electron chi connectivity index (χ2n) is 4.46. The van der Waals surface area contributed by atoms with E-state index < -0.39 is 0 Å². The fraction of sp³-hybridized carbons (Fsp3) is 0.333. The first kappa shape index (κ1) is 11.6. The Morgan fingerprint density at radius 3 is 2.89 bits per heavy atom. The van der Waals surface area contributed by atoms with Gasteiger partial charge in [0.2, 0.25) is 0 Å². The fourth-order valence-corrected chi connectivity index (χ4v) is 2.27. The summed E-state index contributed by atoms with van der Waals surface area (Å²) >= 11 is 0. The molecule has 0 aliphatic heterocycles. The summed E-state index contributed by atoms with van der Waals surface area (Å²) in [6, 6.07) is 0.0410. The number of fused-ring (bicyclic) bond motifs is 1. The van der Waals surface area contributed by atoms with Crippen molar-refractivity contribution in [1.82, 2.24) is 25.3 Å². The van der Waals surface area contributed by atoms with Crippen molar-refractivity contribution < 1.29 is 4.52 Å². The number of hydrogen-bond acceptors (Lipinski definition) is 6.